The highest BCUT2D eigenvalue weighted by Crippen LogP contribution is 2.35. The molecular formula is C14H20O3. The number of hydrogen-bond donors (Lipinski definition) is 1. The molecule has 1 aromatic rings. The van der Waals surface area contributed by atoms with Crippen LogP contribution in [0.4, 0.5) is 0 Å². The first kappa shape index (κ1) is 13.6. The molecule has 0 saturated carbocycles. The van der Waals surface area contributed by atoms with Gasteiger partial charge in [0.05, 0.1) is 6.61 Å². The van der Waals surface area contributed by atoms with Crippen molar-refractivity contribution in [1.82, 2.24) is 0 Å². The van der Waals surface area contributed by atoms with E-state index in [-0.39, 0.29) is 7.43 Å². The second kappa shape index (κ2) is 5.71. The SMILES string of the molecule is C.CC(=O)O.c1cc2c(c3c1CCC3)CCO2. The third-order valence-corrected chi connectivity index (χ3v) is 2.97. The quantitative estimate of drug-likeness (QED) is 0.753. The van der Waals surface area contributed by atoms with E-state index in [1.165, 1.54) is 24.8 Å². The van der Waals surface area contributed by atoms with Crippen LogP contribution in [0.15, 0.2) is 12.1 Å². The van der Waals surface area contributed by atoms with E-state index in [2.05, 4.69) is 12.1 Å². The number of ether oxygens (including phenoxy) is 1. The molecule has 0 unspecified atom stereocenters. The first-order valence-electron chi connectivity index (χ1n) is 5.64. The minimum atomic E-state index is -0.833. The number of fused-ring (bicyclic) bond motifs is 3. The van der Waals surface area contributed by atoms with Crippen molar-refractivity contribution in [2.45, 2.75) is 40.0 Å². The van der Waals surface area contributed by atoms with Crippen LogP contribution < -0.4 is 4.74 Å². The predicted molar refractivity (Wildman–Crippen MR) is 67.7 cm³/mol. The summed E-state index contributed by atoms with van der Waals surface area (Å²) in [5.74, 6) is 0.315. The van der Waals surface area contributed by atoms with Crippen molar-refractivity contribution in [1.29, 1.82) is 0 Å². The summed E-state index contributed by atoms with van der Waals surface area (Å²) in [6, 6.07) is 4.39. The van der Waals surface area contributed by atoms with Crippen molar-refractivity contribution < 1.29 is 14.6 Å². The molecule has 1 N–H and O–H groups in total. The second-order valence-corrected chi connectivity index (χ2v) is 4.15. The maximum absolute atomic E-state index is 9.00. The first-order chi connectivity index (χ1) is 7.68. The summed E-state index contributed by atoms with van der Waals surface area (Å²) in [4.78, 5) is 9.00. The van der Waals surface area contributed by atoms with E-state index in [0.717, 1.165) is 25.7 Å². The standard InChI is InChI=1S/C11H12O.C2H4O2.CH4/c1-2-8-4-5-11-10(6-7-12-11)9(8)3-1;1-2(3)4;/h4-5H,1-3,6-7H2;1H3,(H,3,4);1H4. The van der Waals surface area contributed by atoms with E-state index < -0.39 is 5.97 Å². The average Bonchev–Trinajstić information content (AvgIpc) is 2.84. The minimum Gasteiger partial charge on any atom is -0.493 e. The maximum Gasteiger partial charge on any atom is 0.300 e. The van der Waals surface area contributed by atoms with E-state index in [9.17, 15) is 0 Å². The van der Waals surface area contributed by atoms with Gasteiger partial charge in [-0.2, -0.15) is 0 Å². The van der Waals surface area contributed by atoms with Crippen LogP contribution in [0, 0.1) is 0 Å². The Morgan fingerprint density at radius 1 is 1.24 bits per heavy atom. The van der Waals surface area contributed by atoms with Crippen LogP contribution >= 0.6 is 0 Å². The number of carboxylic acid groups (broad SMARTS) is 1. The summed E-state index contributed by atoms with van der Waals surface area (Å²) in [6.07, 6.45) is 5.04. The lowest BCUT2D eigenvalue weighted by molar-refractivity contribution is -0.134. The molecule has 0 fully saturated rings. The van der Waals surface area contributed by atoms with Gasteiger partial charge in [0.25, 0.3) is 5.97 Å². The molecule has 1 aliphatic heterocycles. The Hall–Kier alpha value is -1.51. The van der Waals surface area contributed by atoms with Gasteiger partial charge in [-0.3, -0.25) is 4.79 Å². The predicted octanol–water partition coefficient (Wildman–Crippen LogP) is 2.84. The summed E-state index contributed by atoms with van der Waals surface area (Å²) >= 11 is 0. The van der Waals surface area contributed by atoms with Crippen LogP contribution in [0.25, 0.3) is 0 Å². The molecular weight excluding hydrogens is 216 g/mol. The van der Waals surface area contributed by atoms with Gasteiger partial charge in [0, 0.05) is 18.9 Å². The molecule has 1 heterocycles. The van der Waals surface area contributed by atoms with Gasteiger partial charge in [0.15, 0.2) is 0 Å². The zero-order valence-corrected chi connectivity index (χ0v) is 9.45. The lowest BCUT2D eigenvalue weighted by Crippen LogP contribution is -1.89. The van der Waals surface area contributed by atoms with Crippen LogP contribution in [-0.2, 0) is 24.1 Å². The Morgan fingerprint density at radius 3 is 2.65 bits per heavy atom. The lowest BCUT2D eigenvalue weighted by atomic mass is 10.0. The fourth-order valence-electron chi connectivity index (χ4n) is 2.39. The van der Waals surface area contributed by atoms with E-state index in [4.69, 9.17) is 14.6 Å². The van der Waals surface area contributed by atoms with Gasteiger partial charge in [-0.1, -0.05) is 13.5 Å². The summed E-state index contributed by atoms with van der Waals surface area (Å²) < 4.78 is 5.52. The zero-order valence-electron chi connectivity index (χ0n) is 9.45. The van der Waals surface area contributed by atoms with E-state index >= 15 is 0 Å². The van der Waals surface area contributed by atoms with Crippen molar-refractivity contribution in [3.05, 3.63) is 28.8 Å². The summed E-state index contributed by atoms with van der Waals surface area (Å²) in [5.41, 5.74) is 4.68. The molecule has 2 aliphatic rings. The van der Waals surface area contributed by atoms with E-state index in [0.29, 0.717) is 0 Å². The average molecular weight is 236 g/mol. The van der Waals surface area contributed by atoms with Gasteiger partial charge in [0.2, 0.25) is 0 Å². The van der Waals surface area contributed by atoms with Crippen LogP contribution in [0.1, 0.15) is 37.5 Å². The highest BCUT2D eigenvalue weighted by Gasteiger charge is 2.21. The van der Waals surface area contributed by atoms with Gasteiger partial charge in [-0.25, -0.2) is 0 Å². The van der Waals surface area contributed by atoms with Gasteiger partial charge in [0.1, 0.15) is 5.75 Å². The molecule has 0 radical (unpaired) electrons. The maximum atomic E-state index is 9.00. The lowest BCUT2D eigenvalue weighted by Gasteiger charge is -2.04. The van der Waals surface area contributed by atoms with Crippen LogP contribution in [-0.4, -0.2) is 17.7 Å². The van der Waals surface area contributed by atoms with E-state index in [1.807, 2.05) is 0 Å². The summed E-state index contributed by atoms with van der Waals surface area (Å²) in [6.45, 7) is 1.98. The Bertz CT molecular complexity index is 373. The number of hydrogen-bond acceptors (Lipinski definition) is 2. The van der Waals surface area contributed by atoms with Gasteiger partial charge < -0.3 is 9.84 Å². The molecule has 94 valence electrons. The Morgan fingerprint density at radius 2 is 1.94 bits per heavy atom. The molecule has 0 atom stereocenters. The monoisotopic (exact) mass is 236 g/mol. The number of aliphatic carboxylic acids is 1. The largest absolute Gasteiger partial charge is 0.493 e. The number of aryl methyl sites for hydroxylation is 1. The Labute approximate surface area is 102 Å². The number of carbonyl (C=O) groups is 1. The van der Waals surface area contributed by atoms with E-state index in [1.54, 1.807) is 11.1 Å². The molecule has 0 bridgehead atoms. The normalized spacial score (nSPS) is 14.6. The van der Waals surface area contributed by atoms with Crippen LogP contribution in [0.2, 0.25) is 0 Å². The smallest absolute Gasteiger partial charge is 0.300 e. The molecule has 0 amide bonds. The third-order valence-electron chi connectivity index (χ3n) is 2.97. The molecule has 1 aromatic carbocycles. The van der Waals surface area contributed by atoms with Crippen LogP contribution in [0.3, 0.4) is 0 Å². The molecule has 17 heavy (non-hydrogen) atoms. The fourth-order valence-corrected chi connectivity index (χ4v) is 2.39. The highest BCUT2D eigenvalue weighted by molar-refractivity contribution is 5.62. The molecule has 3 rings (SSSR count). The molecule has 3 nitrogen and oxygen atoms in total. The van der Waals surface area contributed by atoms with Gasteiger partial charge in [-0.15, -0.1) is 0 Å². The summed E-state index contributed by atoms with van der Waals surface area (Å²) in [7, 11) is 0. The summed E-state index contributed by atoms with van der Waals surface area (Å²) in [5, 5.41) is 7.42. The topological polar surface area (TPSA) is 46.5 Å². The minimum absolute atomic E-state index is 0. The van der Waals surface area contributed by atoms with Crippen molar-refractivity contribution in [3.63, 3.8) is 0 Å². The van der Waals surface area contributed by atoms with Crippen molar-refractivity contribution in [2.75, 3.05) is 6.61 Å². The second-order valence-electron chi connectivity index (χ2n) is 4.15. The van der Waals surface area contributed by atoms with Gasteiger partial charge >= 0.3 is 0 Å². The van der Waals surface area contributed by atoms with Crippen LogP contribution in [0.5, 0.6) is 5.75 Å². The molecule has 0 saturated heterocycles. The van der Waals surface area contributed by atoms with Crippen molar-refractivity contribution >= 4 is 5.97 Å². The molecule has 3 heteroatoms. The number of carboxylic acids is 1. The third kappa shape index (κ3) is 2.99. The van der Waals surface area contributed by atoms with Crippen molar-refractivity contribution in [2.24, 2.45) is 0 Å². The molecule has 1 aliphatic carbocycles. The number of benzene rings is 1. The molecule has 0 spiro atoms. The zero-order chi connectivity index (χ0) is 11.5. The van der Waals surface area contributed by atoms with Gasteiger partial charge in [-0.05, 0) is 36.5 Å². The number of rotatable bonds is 0. The fraction of sp³-hybridized carbons (Fsp3) is 0.500. The Kier molecular flexibility index (Phi) is 4.55. The Balaban J connectivity index is 0.000000258. The van der Waals surface area contributed by atoms with Crippen molar-refractivity contribution in [3.8, 4) is 5.75 Å². The first-order valence-corrected chi connectivity index (χ1v) is 5.64. The molecule has 0 aromatic heterocycles. The highest BCUT2D eigenvalue weighted by atomic mass is 16.5.